The molecule has 1 fully saturated rings. The first kappa shape index (κ1) is 20.9. The van der Waals surface area contributed by atoms with Crippen molar-refractivity contribution in [1.82, 2.24) is 10.4 Å². The second kappa shape index (κ2) is 8.43. The zero-order chi connectivity index (χ0) is 22.1. The molecule has 2 amide bonds. The van der Waals surface area contributed by atoms with Gasteiger partial charge in [0.25, 0.3) is 11.8 Å². The predicted octanol–water partition coefficient (Wildman–Crippen LogP) is 4.41. The van der Waals surface area contributed by atoms with Crippen LogP contribution in [-0.4, -0.2) is 27.7 Å². The van der Waals surface area contributed by atoms with E-state index < -0.39 is 22.9 Å². The Morgan fingerprint density at radius 3 is 2.74 bits per heavy atom. The van der Waals surface area contributed by atoms with Gasteiger partial charge in [0, 0.05) is 18.1 Å². The van der Waals surface area contributed by atoms with Crippen LogP contribution in [0, 0.1) is 11.6 Å². The number of aryl methyl sites for hydroxylation is 1. The molecule has 0 spiro atoms. The number of nitrogens with one attached hydrogen (secondary N) is 1. The van der Waals surface area contributed by atoms with Gasteiger partial charge in [-0.15, -0.1) is 11.8 Å². The molecule has 1 saturated heterocycles. The quantitative estimate of drug-likeness (QED) is 0.609. The summed E-state index contributed by atoms with van der Waals surface area (Å²) in [6.45, 7) is 1.94. The molecule has 0 bridgehead atoms. The van der Waals surface area contributed by atoms with Crippen molar-refractivity contribution in [3.05, 3.63) is 77.2 Å². The number of hydrazine groups is 1. The second-order valence-electron chi connectivity index (χ2n) is 6.88. The minimum absolute atomic E-state index is 0.0730. The first-order valence-corrected chi connectivity index (χ1v) is 10.5. The van der Waals surface area contributed by atoms with Crippen molar-refractivity contribution in [3.8, 4) is 16.9 Å². The van der Waals surface area contributed by atoms with Gasteiger partial charge in [0.15, 0.2) is 5.37 Å². The SMILES string of the molecule is CCc1ccc(C2SCC(=O)N2NC(=O)c2cc(-c3ccc(F)cc3F)ccc2O)o1. The fourth-order valence-electron chi connectivity index (χ4n) is 3.25. The Kier molecular flexibility index (Phi) is 5.69. The molecule has 31 heavy (non-hydrogen) atoms. The number of hydrogen-bond donors (Lipinski definition) is 2. The lowest BCUT2D eigenvalue weighted by Gasteiger charge is -2.23. The van der Waals surface area contributed by atoms with E-state index in [4.69, 9.17) is 4.42 Å². The van der Waals surface area contributed by atoms with Gasteiger partial charge in [-0.05, 0) is 42.0 Å². The van der Waals surface area contributed by atoms with Crippen molar-refractivity contribution in [2.24, 2.45) is 0 Å². The third kappa shape index (κ3) is 4.13. The maximum Gasteiger partial charge on any atom is 0.273 e. The highest BCUT2D eigenvalue weighted by atomic mass is 32.2. The number of furan rings is 1. The van der Waals surface area contributed by atoms with Crippen LogP contribution < -0.4 is 5.43 Å². The Hall–Kier alpha value is -3.33. The van der Waals surface area contributed by atoms with Gasteiger partial charge in [-0.1, -0.05) is 13.0 Å². The number of hydrogen-bond acceptors (Lipinski definition) is 5. The number of thioether (sulfide) groups is 1. The van der Waals surface area contributed by atoms with Crippen LogP contribution in [0.5, 0.6) is 5.75 Å². The van der Waals surface area contributed by atoms with Crippen molar-refractivity contribution < 1.29 is 27.9 Å². The molecular weight excluding hydrogens is 426 g/mol. The Morgan fingerprint density at radius 2 is 2.03 bits per heavy atom. The van der Waals surface area contributed by atoms with Gasteiger partial charge in [-0.2, -0.15) is 0 Å². The highest BCUT2D eigenvalue weighted by Gasteiger charge is 2.37. The summed E-state index contributed by atoms with van der Waals surface area (Å²) in [7, 11) is 0. The summed E-state index contributed by atoms with van der Waals surface area (Å²) in [5.74, 6) is -1.49. The van der Waals surface area contributed by atoms with Gasteiger partial charge in [0.05, 0.1) is 11.3 Å². The molecule has 6 nitrogen and oxygen atoms in total. The van der Waals surface area contributed by atoms with E-state index in [1.807, 2.05) is 13.0 Å². The van der Waals surface area contributed by atoms with E-state index in [0.717, 1.165) is 22.9 Å². The van der Waals surface area contributed by atoms with Crippen LogP contribution in [0.25, 0.3) is 11.1 Å². The molecule has 160 valence electrons. The van der Waals surface area contributed by atoms with Gasteiger partial charge in [0.1, 0.15) is 28.9 Å². The Bertz CT molecular complexity index is 1160. The van der Waals surface area contributed by atoms with E-state index in [9.17, 15) is 23.5 Å². The molecule has 1 unspecified atom stereocenters. The van der Waals surface area contributed by atoms with E-state index in [0.29, 0.717) is 12.2 Å². The lowest BCUT2D eigenvalue weighted by molar-refractivity contribution is -0.130. The summed E-state index contributed by atoms with van der Waals surface area (Å²) in [4.78, 5) is 25.2. The zero-order valence-corrected chi connectivity index (χ0v) is 17.2. The lowest BCUT2D eigenvalue weighted by Crippen LogP contribution is -2.44. The van der Waals surface area contributed by atoms with Crippen LogP contribution in [0.4, 0.5) is 8.78 Å². The first-order valence-electron chi connectivity index (χ1n) is 9.49. The van der Waals surface area contributed by atoms with Crippen molar-refractivity contribution in [3.63, 3.8) is 0 Å². The van der Waals surface area contributed by atoms with E-state index in [2.05, 4.69) is 5.43 Å². The lowest BCUT2D eigenvalue weighted by atomic mass is 10.0. The Labute approximate surface area is 180 Å². The van der Waals surface area contributed by atoms with Gasteiger partial charge >= 0.3 is 0 Å². The minimum Gasteiger partial charge on any atom is -0.507 e. The summed E-state index contributed by atoms with van der Waals surface area (Å²) in [6.07, 6.45) is 0.693. The van der Waals surface area contributed by atoms with Gasteiger partial charge in [-0.25, -0.2) is 13.8 Å². The molecule has 0 radical (unpaired) electrons. The number of benzene rings is 2. The molecule has 2 heterocycles. The molecule has 1 atom stereocenters. The number of rotatable bonds is 5. The molecule has 2 N–H and O–H groups in total. The average Bonchev–Trinajstić information content (AvgIpc) is 3.35. The molecule has 0 aliphatic carbocycles. The third-order valence-electron chi connectivity index (χ3n) is 4.85. The van der Waals surface area contributed by atoms with Crippen molar-refractivity contribution in [2.45, 2.75) is 18.7 Å². The third-order valence-corrected chi connectivity index (χ3v) is 6.02. The van der Waals surface area contributed by atoms with Gasteiger partial charge < -0.3 is 9.52 Å². The van der Waals surface area contributed by atoms with Crippen LogP contribution in [0.2, 0.25) is 0 Å². The van der Waals surface area contributed by atoms with Gasteiger partial charge in [0.2, 0.25) is 0 Å². The number of phenolic OH excluding ortho intramolecular Hbond substituents is 1. The zero-order valence-electron chi connectivity index (χ0n) is 16.4. The number of amides is 2. The summed E-state index contributed by atoms with van der Waals surface area (Å²) >= 11 is 1.30. The topological polar surface area (TPSA) is 82.8 Å². The van der Waals surface area contributed by atoms with Crippen LogP contribution in [0.3, 0.4) is 0 Å². The molecule has 1 aromatic heterocycles. The fourth-order valence-corrected chi connectivity index (χ4v) is 4.30. The average molecular weight is 444 g/mol. The Morgan fingerprint density at radius 1 is 1.23 bits per heavy atom. The van der Waals surface area contributed by atoms with Crippen LogP contribution >= 0.6 is 11.8 Å². The number of nitrogens with zero attached hydrogens (tertiary/aromatic N) is 1. The number of halogens is 2. The normalized spacial score (nSPS) is 16.0. The van der Waals surface area contributed by atoms with E-state index >= 15 is 0 Å². The fraction of sp³-hybridized carbons (Fsp3) is 0.182. The van der Waals surface area contributed by atoms with Crippen LogP contribution in [-0.2, 0) is 11.2 Å². The molecule has 1 aliphatic heterocycles. The van der Waals surface area contributed by atoms with E-state index in [-0.39, 0.29) is 34.1 Å². The van der Waals surface area contributed by atoms with Crippen LogP contribution in [0.15, 0.2) is 52.9 Å². The molecule has 3 aromatic rings. The maximum atomic E-state index is 14.1. The highest BCUT2D eigenvalue weighted by Crippen LogP contribution is 2.38. The number of phenols is 1. The number of aromatic hydroxyl groups is 1. The summed E-state index contributed by atoms with van der Waals surface area (Å²) in [6, 6.07) is 10.6. The Balaban J connectivity index is 1.61. The van der Waals surface area contributed by atoms with Crippen molar-refractivity contribution >= 4 is 23.6 Å². The molecule has 2 aromatic carbocycles. The summed E-state index contributed by atoms with van der Waals surface area (Å²) in [5.41, 5.74) is 2.71. The van der Waals surface area contributed by atoms with E-state index in [1.165, 1.54) is 36.0 Å². The number of carbonyl (C=O) groups excluding carboxylic acids is 2. The largest absolute Gasteiger partial charge is 0.507 e. The van der Waals surface area contributed by atoms with E-state index in [1.54, 1.807) is 6.07 Å². The summed E-state index contributed by atoms with van der Waals surface area (Å²) < 4.78 is 33.1. The second-order valence-corrected chi connectivity index (χ2v) is 7.95. The predicted molar refractivity (Wildman–Crippen MR) is 111 cm³/mol. The van der Waals surface area contributed by atoms with Crippen LogP contribution in [0.1, 0.15) is 34.2 Å². The van der Waals surface area contributed by atoms with Crippen molar-refractivity contribution in [1.29, 1.82) is 0 Å². The molecule has 0 saturated carbocycles. The smallest absolute Gasteiger partial charge is 0.273 e. The maximum absolute atomic E-state index is 14.1. The van der Waals surface area contributed by atoms with Crippen molar-refractivity contribution in [2.75, 3.05) is 5.75 Å². The standard InChI is InChI=1S/C22H18F2N2O4S/c1-2-14-5-8-19(30-14)22-26(20(28)11-31-22)25-21(29)16-9-12(3-7-18(16)27)15-6-4-13(23)10-17(15)24/h3-10,22,27H,2,11H2,1H3,(H,25,29). The monoisotopic (exact) mass is 444 g/mol. The first-order chi connectivity index (χ1) is 14.9. The molecule has 4 rings (SSSR count). The minimum atomic E-state index is -0.798. The number of carbonyl (C=O) groups is 2. The summed E-state index contributed by atoms with van der Waals surface area (Å²) in [5, 5.41) is 10.8. The molecule has 1 aliphatic rings. The molecule has 9 heteroatoms. The van der Waals surface area contributed by atoms with Gasteiger partial charge in [-0.3, -0.25) is 15.0 Å². The molecular formula is C22H18F2N2O4S. The highest BCUT2D eigenvalue weighted by molar-refractivity contribution is 8.00.